The molecule has 0 amide bonds. The fourth-order valence-electron chi connectivity index (χ4n) is 4.17. The fourth-order valence-corrected chi connectivity index (χ4v) is 4.17. The highest BCUT2D eigenvalue weighted by Gasteiger charge is 2.15. The Balaban J connectivity index is 2.07. The van der Waals surface area contributed by atoms with Crippen LogP contribution in [0.2, 0.25) is 0 Å². The highest BCUT2D eigenvalue weighted by atomic mass is 15.0. The number of aryl methyl sites for hydroxylation is 2. The second-order valence-electron chi connectivity index (χ2n) is 7.24. The maximum Gasteiger partial charge on any atom is 0.0715 e. The second kappa shape index (κ2) is 8.53. The summed E-state index contributed by atoms with van der Waals surface area (Å²) in [7, 11) is 0. The number of aromatic nitrogens is 2. The van der Waals surface area contributed by atoms with Gasteiger partial charge in [-0.15, -0.1) is 0 Å². The van der Waals surface area contributed by atoms with Crippen LogP contribution in [-0.4, -0.2) is 9.55 Å². The van der Waals surface area contributed by atoms with E-state index in [0.717, 1.165) is 18.5 Å². The second-order valence-corrected chi connectivity index (χ2v) is 7.24. The third kappa shape index (κ3) is 3.56. The molecule has 26 heavy (non-hydrogen) atoms. The lowest BCUT2D eigenvalue weighted by atomic mass is 9.94. The molecule has 2 heteroatoms. The van der Waals surface area contributed by atoms with Crippen LogP contribution in [0.3, 0.4) is 0 Å². The van der Waals surface area contributed by atoms with Gasteiger partial charge in [0.15, 0.2) is 0 Å². The van der Waals surface area contributed by atoms with Crippen molar-refractivity contribution in [1.29, 1.82) is 0 Å². The molecule has 1 aromatic carbocycles. The molecule has 0 aliphatic heterocycles. The lowest BCUT2D eigenvalue weighted by Gasteiger charge is -2.19. The Bertz CT molecular complexity index is 832. The summed E-state index contributed by atoms with van der Waals surface area (Å²) in [6.07, 6.45) is 11.3. The zero-order valence-corrected chi connectivity index (χ0v) is 16.8. The van der Waals surface area contributed by atoms with Crippen LogP contribution >= 0.6 is 0 Å². The normalized spacial score (nSPS) is 11.6. The van der Waals surface area contributed by atoms with E-state index in [9.17, 15) is 0 Å². The number of rotatable bonds is 8. The first-order valence-corrected chi connectivity index (χ1v) is 10.3. The zero-order valence-electron chi connectivity index (χ0n) is 16.8. The SMILES string of the molecule is CCCC(CCC)n1ccc2cc(-c3c(CC)cccc3CC)ncc21. The molecule has 0 N–H and O–H groups in total. The van der Waals surface area contributed by atoms with E-state index < -0.39 is 0 Å². The van der Waals surface area contributed by atoms with Crippen molar-refractivity contribution in [2.75, 3.05) is 0 Å². The summed E-state index contributed by atoms with van der Waals surface area (Å²) in [4.78, 5) is 4.91. The Hall–Kier alpha value is -2.09. The molecule has 3 aromatic rings. The van der Waals surface area contributed by atoms with Crippen molar-refractivity contribution in [1.82, 2.24) is 9.55 Å². The van der Waals surface area contributed by atoms with Crippen molar-refractivity contribution in [2.45, 2.75) is 72.3 Å². The lowest BCUT2D eigenvalue weighted by Crippen LogP contribution is -2.07. The zero-order chi connectivity index (χ0) is 18.5. The van der Waals surface area contributed by atoms with Gasteiger partial charge < -0.3 is 4.57 Å². The topological polar surface area (TPSA) is 17.8 Å². The average Bonchev–Trinajstić information content (AvgIpc) is 3.10. The van der Waals surface area contributed by atoms with Crippen LogP contribution < -0.4 is 0 Å². The summed E-state index contributed by atoms with van der Waals surface area (Å²) in [5.74, 6) is 0. The van der Waals surface area contributed by atoms with Crippen LogP contribution in [0.15, 0.2) is 42.7 Å². The molecular formula is C24H32N2. The molecule has 0 saturated heterocycles. The van der Waals surface area contributed by atoms with Crippen molar-refractivity contribution in [3.63, 3.8) is 0 Å². The van der Waals surface area contributed by atoms with Crippen LogP contribution in [0.1, 0.15) is 70.5 Å². The molecule has 0 unspecified atom stereocenters. The molecule has 0 fully saturated rings. The summed E-state index contributed by atoms with van der Waals surface area (Å²) >= 11 is 0. The van der Waals surface area contributed by atoms with Crippen molar-refractivity contribution in [3.05, 3.63) is 53.9 Å². The van der Waals surface area contributed by atoms with Gasteiger partial charge in [0.2, 0.25) is 0 Å². The molecule has 0 atom stereocenters. The van der Waals surface area contributed by atoms with E-state index in [0.29, 0.717) is 6.04 Å². The first kappa shape index (κ1) is 18.7. The predicted octanol–water partition coefficient (Wildman–Crippen LogP) is 6.97. The van der Waals surface area contributed by atoms with E-state index in [1.807, 2.05) is 0 Å². The smallest absolute Gasteiger partial charge is 0.0715 e. The van der Waals surface area contributed by atoms with E-state index in [4.69, 9.17) is 4.98 Å². The van der Waals surface area contributed by atoms with Gasteiger partial charge in [0.1, 0.15) is 0 Å². The van der Waals surface area contributed by atoms with E-state index in [-0.39, 0.29) is 0 Å². The lowest BCUT2D eigenvalue weighted by molar-refractivity contribution is 0.437. The van der Waals surface area contributed by atoms with E-state index >= 15 is 0 Å². The number of hydrogen-bond donors (Lipinski definition) is 0. The predicted molar refractivity (Wildman–Crippen MR) is 113 cm³/mol. The van der Waals surface area contributed by atoms with E-state index in [1.54, 1.807) is 0 Å². The molecule has 2 heterocycles. The van der Waals surface area contributed by atoms with Crippen molar-refractivity contribution < 1.29 is 0 Å². The Labute approximate surface area is 158 Å². The van der Waals surface area contributed by atoms with E-state index in [2.05, 4.69) is 75.0 Å². The quantitative estimate of drug-likeness (QED) is 0.430. The molecule has 3 rings (SSSR count). The molecule has 0 radical (unpaired) electrons. The Morgan fingerprint density at radius 1 is 0.923 bits per heavy atom. The molecule has 0 spiro atoms. The van der Waals surface area contributed by atoms with Gasteiger partial charge in [0.05, 0.1) is 17.4 Å². The molecule has 0 bridgehead atoms. The summed E-state index contributed by atoms with van der Waals surface area (Å²) in [6, 6.07) is 11.8. The highest BCUT2D eigenvalue weighted by Crippen LogP contribution is 2.32. The number of hydrogen-bond acceptors (Lipinski definition) is 1. The van der Waals surface area contributed by atoms with E-state index in [1.165, 1.54) is 53.3 Å². The van der Waals surface area contributed by atoms with Crippen LogP contribution in [0.4, 0.5) is 0 Å². The minimum absolute atomic E-state index is 0.587. The summed E-state index contributed by atoms with van der Waals surface area (Å²) in [6.45, 7) is 9.01. The maximum absolute atomic E-state index is 4.91. The largest absolute Gasteiger partial charge is 0.343 e. The first-order chi connectivity index (χ1) is 12.7. The molecule has 0 saturated carbocycles. The molecule has 0 aliphatic rings. The third-order valence-electron chi connectivity index (χ3n) is 5.50. The highest BCUT2D eigenvalue weighted by molar-refractivity contribution is 5.84. The maximum atomic E-state index is 4.91. The summed E-state index contributed by atoms with van der Waals surface area (Å²) < 4.78 is 2.45. The van der Waals surface area contributed by atoms with Gasteiger partial charge in [-0.3, -0.25) is 4.98 Å². The fraction of sp³-hybridized carbons (Fsp3) is 0.458. The summed E-state index contributed by atoms with van der Waals surface area (Å²) in [5.41, 5.74) is 6.52. The Morgan fingerprint density at radius 2 is 1.58 bits per heavy atom. The van der Waals surface area contributed by atoms with Gasteiger partial charge in [-0.05, 0) is 48.9 Å². The first-order valence-electron chi connectivity index (χ1n) is 10.3. The van der Waals surface area contributed by atoms with Gasteiger partial charge in [-0.25, -0.2) is 0 Å². The number of benzene rings is 1. The molecule has 138 valence electrons. The van der Waals surface area contributed by atoms with Crippen LogP contribution in [0.25, 0.3) is 22.2 Å². The van der Waals surface area contributed by atoms with Crippen LogP contribution in [-0.2, 0) is 12.8 Å². The minimum atomic E-state index is 0.587. The van der Waals surface area contributed by atoms with Crippen molar-refractivity contribution in [2.24, 2.45) is 0 Å². The number of fused-ring (bicyclic) bond motifs is 1. The average molecular weight is 349 g/mol. The summed E-state index contributed by atoms with van der Waals surface area (Å²) in [5, 5.41) is 1.31. The van der Waals surface area contributed by atoms with Gasteiger partial charge in [-0.2, -0.15) is 0 Å². The molecular weight excluding hydrogens is 316 g/mol. The third-order valence-corrected chi connectivity index (χ3v) is 5.50. The monoisotopic (exact) mass is 348 g/mol. The Kier molecular flexibility index (Phi) is 6.13. The van der Waals surface area contributed by atoms with Crippen molar-refractivity contribution in [3.8, 4) is 11.3 Å². The molecule has 2 aromatic heterocycles. The van der Waals surface area contributed by atoms with Gasteiger partial charge >= 0.3 is 0 Å². The van der Waals surface area contributed by atoms with Crippen LogP contribution in [0.5, 0.6) is 0 Å². The Morgan fingerprint density at radius 3 is 2.15 bits per heavy atom. The van der Waals surface area contributed by atoms with Gasteiger partial charge in [0.25, 0.3) is 0 Å². The van der Waals surface area contributed by atoms with Crippen molar-refractivity contribution >= 4 is 10.9 Å². The number of pyridine rings is 1. The van der Waals surface area contributed by atoms with Gasteiger partial charge in [0, 0.05) is 23.2 Å². The minimum Gasteiger partial charge on any atom is -0.343 e. The van der Waals surface area contributed by atoms with Gasteiger partial charge in [-0.1, -0.05) is 58.7 Å². The standard InChI is InChI=1S/C24H32N2/c1-5-10-21(11-6-2)26-15-14-20-16-22(25-17-23(20)26)24-18(7-3)12-9-13-19(24)8-4/h9,12-17,21H,5-8,10-11H2,1-4H3. The van der Waals surface area contributed by atoms with Crippen LogP contribution in [0, 0.1) is 0 Å². The molecule has 2 nitrogen and oxygen atoms in total. The number of nitrogens with zero attached hydrogens (tertiary/aromatic N) is 2. The molecule has 0 aliphatic carbocycles.